The van der Waals surface area contributed by atoms with Crippen LogP contribution in [0.2, 0.25) is 0 Å². The standard InChI is InChI=1S/C9H14O4.C8H14/c1-13-9(12)7-4-2-6(3-5-7)8(10)11;1-2-8-5-3-7(1)4-6-8/h6-7H,2-5H2,1H3,(H,10,11);7-8H,1-6H2. The molecule has 2 bridgehead atoms. The van der Waals surface area contributed by atoms with Gasteiger partial charge in [0.25, 0.3) is 0 Å². The van der Waals surface area contributed by atoms with E-state index < -0.39 is 5.97 Å². The van der Waals surface area contributed by atoms with Gasteiger partial charge in [0.05, 0.1) is 18.9 Å². The third-order valence-electron chi connectivity index (χ3n) is 5.56. The number of aliphatic carboxylic acids is 1. The fourth-order valence-corrected chi connectivity index (χ4v) is 4.02. The zero-order valence-corrected chi connectivity index (χ0v) is 13.1. The lowest BCUT2D eigenvalue weighted by atomic mass is 9.71. The largest absolute Gasteiger partial charge is 0.481 e. The topological polar surface area (TPSA) is 63.6 Å². The third-order valence-corrected chi connectivity index (χ3v) is 5.56. The molecule has 4 fully saturated rings. The number of carbonyl (C=O) groups is 2. The second-order valence-electron chi connectivity index (χ2n) is 6.87. The Labute approximate surface area is 127 Å². The second-order valence-corrected chi connectivity index (χ2v) is 6.87. The molecule has 0 unspecified atom stereocenters. The number of esters is 1. The summed E-state index contributed by atoms with van der Waals surface area (Å²) in [7, 11) is 1.37. The van der Waals surface area contributed by atoms with E-state index >= 15 is 0 Å². The molecule has 0 aromatic heterocycles. The van der Waals surface area contributed by atoms with Crippen molar-refractivity contribution in [3.05, 3.63) is 0 Å². The molecule has 21 heavy (non-hydrogen) atoms. The van der Waals surface area contributed by atoms with Gasteiger partial charge in [-0.15, -0.1) is 0 Å². The van der Waals surface area contributed by atoms with Crippen molar-refractivity contribution in [3.63, 3.8) is 0 Å². The molecule has 0 aromatic rings. The smallest absolute Gasteiger partial charge is 0.308 e. The molecule has 4 aliphatic carbocycles. The molecule has 4 aliphatic rings. The number of carboxylic acid groups (broad SMARTS) is 1. The molecule has 0 aromatic carbocycles. The van der Waals surface area contributed by atoms with Crippen molar-refractivity contribution in [1.82, 2.24) is 0 Å². The molecule has 4 saturated carbocycles. The van der Waals surface area contributed by atoms with Gasteiger partial charge in [-0.25, -0.2) is 0 Å². The van der Waals surface area contributed by atoms with Crippen LogP contribution >= 0.6 is 0 Å². The quantitative estimate of drug-likeness (QED) is 0.790. The van der Waals surface area contributed by atoms with Crippen molar-refractivity contribution in [2.75, 3.05) is 7.11 Å². The molecule has 0 saturated heterocycles. The summed E-state index contributed by atoms with van der Waals surface area (Å²) in [6, 6.07) is 0. The van der Waals surface area contributed by atoms with Gasteiger partial charge in [-0.1, -0.05) is 38.5 Å². The Morgan fingerprint density at radius 3 is 1.43 bits per heavy atom. The van der Waals surface area contributed by atoms with Crippen LogP contribution in [0.3, 0.4) is 0 Å². The van der Waals surface area contributed by atoms with Crippen molar-refractivity contribution in [2.24, 2.45) is 23.7 Å². The van der Waals surface area contributed by atoms with Crippen LogP contribution in [0.1, 0.15) is 64.2 Å². The Morgan fingerprint density at radius 2 is 1.14 bits per heavy atom. The van der Waals surface area contributed by atoms with Gasteiger partial charge in [-0.2, -0.15) is 0 Å². The molecular weight excluding hydrogens is 268 g/mol. The van der Waals surface area contributed by atoms with E-state index in [0.717, 1.165) is 11.8 Å². The van der Waals surface area contributed by atoms with E-state index in [0.29, 0.717) is 25.7 Å². The Morgan fingerprint density at radius 1 is 0.762 bits per heavy atom. The Bertz CT molecular complexity index is 327. The maximum absolute atomic E-state index is 11.1. The molecule has 0 aliphatic heterocycles. The van der Waals surface area contributed by atoms with Gasteiger partial charge in [0.2, 0.25) is 0 Å². The van der Waals surface area contributed by atoms with Crippen molar-refractivity contribution in [2.45, 2.75) is 64.2 Å². The predicted octanol–water partition coefficient (Wildman–Crippen LogP) is 3.64. The first kappa shape index (κ1) is 16.3. The Kier molecular flexibility index (Phi) is 6.07. The molecule has 0 atom stereocenters. The van der Waals surface area contributed by atoms with Crippen molar-refractivity contribution in [3.8, 4) is 0 Å². The summed E-state index contributed by atoms with van der Waals surface area (Å²) in [6.45, 7) is 0. The van der Waals surface area contributed by atoms with Gasteiger partial charge in [0.1, 0.15) is 0 Å². The summed E-state index contributed by atoms with van der Waals surface area (Å²) < 4.78 is 4.60. The number of carbonyl (C=O) groups excluding carboxylic acids is 1. The molecule has 4 nitrogen and oxygen atoms in total. The number of hydrogen-bond acceptors (Lipinski definition) is 3. The third kappa shape index (κ3) is 4.72. The highest BCUT2D eigenvalue weighted by molar-refractivity contribution is 5.74. The number of methoxy groups -OCH3 is 1. The fraction of sp³-hybridized carbons (Fsp3) is 0.882. The van der Waals surface area contributed by atoms with E-state index in [4.69, 9.17) is 5.11 Å². The summed E-state index contributed by atoms with van der Waals surface area (Å²) in [6.07, 6.45) is 11.8. The molecule has 0 amide bonds. The van der Waals surface area contributed by atoms with Gasteiger partial charge in [-0.3, -0.25) is 9.59 Å². The lowest BCUT2D eigenvalue weighted by molar-refractivity contribution is -0.150. The van der Waals surface area contributed by atoms with Gasteiger partial charge < -0.3 is 9.84 Å². The minimum Gasteiger partial charge on any atom is -0.481 e. The van der Waals surface area contributed by atoms with E-state index in [2.05, 4.69) is 4.74 Å². The van der Waals surface area contributed by atoms with Crippen LogP contribution in [0.15, 0.2) is 0 Å². The van der Waals surface area contributed by atoms with Gasteiger partial charge >= 0.3 is 11.9 Å². The van der Waals surface area contributed by atoms with E-state index in [1.807, 2.05) is 0 Å². The Balaban J connectivity index is 0.000000170. The minimum atomic E-state index is -0.747. The maximum atomic E-state index is 11.1. The van der Waals surface area contributed by atoms with Crippen molar-refractivity contribution < 1.29 is 19.4 Å². The zero-order valence-electron chi connectivity index (χ0n) is 13.1. The molecule has 4 heteroatoms. The van der Waals surface area contributed by atoms with E-state index in [1.165, 1.54) is 7.11 Å². The van der Waals surface area contributed by atoms with Crippen LogP contribution in [0, 0.1) is 23.7 Å². The van der Waals surface area contributed by atoms with Crippen LogP contribution in [-0.4, -0.2) is 24.2 Å². The summed E-state index contributed by atoms with van der Waals surface area (Å²) in [5, 5.41) is 8.70. The number of fused-ring (bicyclic) bond motifs is 3. The molecule has 120 valence electrons. The molecule has 0 heterocycles. The predicted molar refractivity (Wildman–Crippen MR) is 79.8 cm³/mol. The molecule has 0 radical (unpaired) electrons. The molecular formula is C17H28O4. The SMILES string of the molecule is C1CC2CCC1CC2.COC(=O)C1CCC(C(=O)O)CC1. The monoisotopic (exact) mass is 296 g/mol. The molecule has 0 spiro atoms. The fourth-order valence-electron chi connectivity index (χ4n) is 4.02. The van der Waals surface area contributed by atoms with Crippen LogP contribution in [0.25, 0.3) is 0 Å². The van der Waals surface area contributed by atoms with Crippen LogP contribution in [0.5, 0.6) is 0 Å². The van der Waals surface area contributed by atoms with E-state index in [-0.39, 0.29) is 17.8 Å². The number of hydrogen-bond donors (Lipinski definition) is 1. The Hall–Kier alpha value is -1.06. The van der Waals surface area contributed by atoms with Crippen molar-refractivity contribution in [1.29, 1.82) is 0 Å². The van der Waals surface area contributed by atoms with Crippen molar-refractivity contribution >= 4 is 11.9 Å². The van der Waals surface area contributed by atoms with Crippen LogP contribution < -0.4 is 0 Å². The average molecular weight is 296 g/mol. The lowest BCUT2D eigenvalue weighted by Crippen LogP contribution is -2.26. The minimum absolute atomic E-state index is 0.0828. The van der Waals surface area contributed by atoms with Gasteiger partial charge in [0, 0.05) is 0 Å². The summed E-state index contributed by atoms with van der Waals surface area (Å²) in [5.74, 6) is 1.01. The van der Waals surface area contributed by atoms with E-state index in [9.17, 15) is 9.59 Å². The lowest BCUT2D eigenvalue weighted by Gasteiger charge is -2.35. The first-order chi connectivity index (χ1) is 10.1. The summed E-state index contributed by atoms with van der Waals surface area (Å²) in [5.41, 5.74) is 0. The highest BCUT2D eigenvalue weighted by Crippen LogP contribution is 2.40. The maximum Gasteiger partial charge on any atom is 0.308 e. The second kappa shape index (κ2) is 7.81. The van der Waals surface area contributed by atoms with Crippen LogP contribution in [0.4, 0.5) is 0 Å². The highest BCUT2D eigenvalue weighted by Gasteiger charge is 2.30. The van der Waals surface area contributed by atoms with Crippen LogP contribution in [-0.2, 0) is 14.3 Å². The zero-order chi connectivity index (χ0) is 15.2. The van der Waals surface area contributed by atoms with Gasteiger partial charge in [-0.05, 0) is 37.5 Å². The highest BCUT2D eigenvalue weighted by atomic mass is 16.5. The average Bonchev–Trinajstić information content (AvgIpc) is 2.56. The number of rotatable bonds is 2. The van der Waals surface area contributed by atoms with E-state index in [1.54, 1.807) is 38.5 Å². The summed E-state index contributed by atoms with van der Waals surface area (Å²) in [4.78, 5) is 21.7. The number of carboxylic acids is 1. The molecule has 4 rings (SSSR count). The normalized spacial score (nSPS) is 34.5. The van der Waals surface area contributed by atoms with Gasteiger partial charge in [0.15, 0.2) is 0 Å². The number of ether oxygens (including phenoxy) is 1. The molecule has 1 N–H and O–H groups in total. The first-order valence-corrected chi connectivity index (χ1v) is 8.40. The first-order valence-electron chi connectivity index (χ1n) is 8.40. The summed E-state index contributed by atoms with van der Waals surface area (Å²) >= 11 is 0.